The number of rotatable bonds is 9. The number of hydrogen-bond acceptors (Lipinski definition) is 4. The Morgan fingerprint density at radius 2 is 1.75 bits per heavy atom. The van der Waals surface area contributed by atoms with Crippen LogP contribution in [0.1, 0.15) is 34.2 Å². The molecule has 1 amide bonds. The van der Waals surface area contributed by atoms with Gasteiger partial charge in [0.15, 0.2) is 0 Å². The lowest BCUT2D eigenvalue weighted by molar-refractivity contribution is 0.0933. The number of aromatic nitrogens is 2. The van der Waals surface area contributed by atoms with E-state index in [1.54, 1.807) is 43.1 Å². The molecule has 5 nitrogen and oxygen atoms in total. The Hall–Kier alpha value is -3.25. The zero-order valence-electron chi connectivity index (χ0n) is 18.3. The number of nitrogens with zero attached hydrogens (tertiary/aromatic N) is 2. The predicted molar refractivity (Wildman–Crippen MR) is 131 cm³/mol. The number of hydrogen-bond donors (Lipinski definition) is 1. The lowest BCUT2D eigenvalue weighted by Gasteiger charge is -2.20. The highest BCUT2D eigenvalue weighted by atomic mass is 32.2. The monoisotopic (exact) mass is 445 g/mol. The summed E-state index contributed by atoms with van der Waals surface area (Å²) in [7, 11) is 1.62. The van der Waals surface area contributed by atoms with Crippen LogP contribution in [0.4, 0.5) is 0 Å². The van der Waals surface area contributed by atoms with E-state index in [0.29, 0.717) is 12.1 Å². The van der Waals surface area contributed by atoms with Crippen molar-refractivity contribution < 1.29 is 9.53 Å². The van der Waals surface area contributed by atoms with Crippen LogP contribution in [0.2, 0.25) is 0 Å². The smallest absolute Gasteiger partial charge is 0.251 e. The second-order valence-electron chi connectivity index (χ2n) is 7.57. The minimum absolute atomic E-state index is 0.114. The van der Waals surface area contributed by atoms with Crippen molar-refractivity contribution in [3.8, 4) is 5.75 Å². The first-order chi connectivity index (χ1) is 15.7. The SMILES string of the molecule is COc1ccc(C(=O)N[C@H](CCSC)c2nc3ccccc3n2Cc2ccccc2)cc1. The lowest BCUT2D eigenvalue weighted by Crippen LogP contribution is -2.31. The van der Waals surface area contributed by atoms with Crippen LogP contribution in [-0.4, -0.2) is 34.6 Å². The van der Waals surface area contributed by atoms with Gasteiger partial charge in [-0.25, -0.2) is 4.98 Å². The van der Waals surface area contributed by atoms with E-state index in [-0.39, 0.29) is 11.9 Å². The molecule has 0 unspecified atom stereocenters. The lowest BCUT2D eigenvalue weighted by atomic mass is 10.1. The summed E-state index contributed by atoms with van der Waals surface area (Å²) in [6.45, 7) is 0.699. The molecule has 0 aliphatic heterocycles. The fourth-order valence-electron chi connectivity index (χ4n) is 3.78. The quantitative estimate of drug-likeness (QED) is 0.379. The van der Waals surface area contributed by atoms with Crippen LogP contribution < -0.4 is 10.1 Å². The summed E-state index contributed by atoms with van der Waals surface area (Å²) in [5.74, 6) is 2.41. The van der Waals surface area contributed by atoms with Crippen molar-refractivity contribution in [1.29, 1.82) is 0 Å². The number of fused-ring (bicyclic) bond motifs is 1. The Balaban J connectivity index is 1.69. The fourth-order valence-corrected chi connectivity index (χ4v) is 4.25. The molecule has 0 fully saturated rings. The van der Waals surface area contributed by atoms with Gasteiger partial charge in [0.1, 0.15) is 11.6 Å². The first-order valence-electron chi connectivity index (χ1n) is 10.6. The predicted octanol–water partition coefficient (Wildman–Crippen LogP) is 5.32. The van der Waals surface area contributed by atoms with E-state index in [2.05, 4.69) is 34.3 Å². The van der Waals surface area contributed by atoms with Gasteiger partial charge in [0.2, 0.25) is 0 Å². The van der Waals surface area contributed by atoms with Gasteiger partial charge in [-0.15, -0.1) is 0 Å². The molecule has 0 saturated heterocycles. The van der Waals surface area contributed by atoms with Gasteiger partial charge in [-0.3, -0.25) is 4.79 Å². The van der Waals surface area contributed by atoms with Crippen molar-refractivity contribution in [3.63, 3.8) is 0 Å². The van der Waals surface area contributed by atoms with Crippen LogP contribution in [0.5, 0.6) is 5.75 Å². The maximum absolute atomic E-state index is 13.1. The fraction of sp³-hybridized carbons (Fsp3) is 0.231. The highest BCUT2D eigenvalue weighted by molar-refractivity contribution is 7.98. The summed E-state index contributed by atoms with van der Waals surface area (Å²) in [6, 6.07) is 25.5. The average molecular weight is 446 g/mol. The molecular weight excluding hydrogens is 418 g/mol. The molecule has 32 heavy (non-hydrogen) atoms. The standard InChI is InChI=1S/C26H27N3O2S/c1-31-21-14-12-20(13-15-21)26(30)28-23(16-17-32-2)25-27-22-10-6-7-11-24(22)29(25)18-19-8-4-3-5-9-19/h3-15,23H,16-18H2,1-2H3,(H,28,30)/t23-/m1/s1. The Morgan fingerprint density at radius 1 is 1.03 bits per heavy atom. The van der Waals surface area contributed by atoms with Crippen molar-refractivity contribution in [2.45, 2.75) is 19.0 Å². The molecule has 0 aliphatic rings. The molecule has 0 aliphatic carbocycles. The maximum Gasteiger partial charge on any atom is 0.251 e. The van der Waals surface area contributed by atoms with Gasteiger partial charge in [0, 0.05) is 12.1 Å². The van der Waals surface area contributed by atoms with E-state index in [9.17, 15) is 4.79 Å². The van der Waals surface area contributed by atoms with Crippen molar-refractivity contribution in [2.24, 2.45) is 0 Å². The first kappa shape index (κ1) is 22.0. The number of nitrogens with one attached hydrogen (secondary N) is 1. The van der Waals surface area contributed by atoms with E-state index in [1.165, 1.54) is 5.56 Å². The largest absolute Gasteiger partial charge is 0.497 e. The van der Waals surface area contributed by atoms with E-state index in [0.717, 1.165) is 34.8 Å². The molecule has 0 radical (unpaired) electrons. The van der Waals surface area contributed by atoms with Gasteiger partial charge in [0.05, 0.1) is 24.2 Å². The molecule has 1 atom stereocenters. The minimum atomic E-state index is -0.201. The third-order valence-electron chi connectivity index (χ3n) is 5.45. The van der Waals surface area contributed by atoms with Crippen LogP contribution in [0.3, 0.4) is 0 Å². The van der Waals surface area contributed by atoms with Crippen molar-refractivity contribution in [3.05, 3.63) is 95.8 Å². The Bertz CT molecular complexity index is 1170. The maximum atomic E-state index is 13.1. The van der Waals surface area contributed by atoms with E-state index in [4.69, 9.17) is 9.72 Å². The number of carbonyl (C=O) groups is 1. The number of imidazole rings is 1. The second-order valence-corrected chi connectivity index (χ2v) is 8.55. The van der Waals surface area contributed by atoms with Gasteiger partial charge < -0.3 is 14.6 Å². The van der Waals surface area contributed by atoms with Crippen LogP contribution in [0.25, 0.3) is 11.0 Å². The van der Waals surface area contributed by atoms with Gasteiger partial charge >= 0.3 is 0 Å². The van der Waals surface area contributed by atoms with Gasteiger partial charge in [0.25, 0.3) is 5.91 Å². The number of para-hydroxylation sites is 2. The molecule has 164 valence electrons. The van der Waals surface area contributed by atoms with Crippen molar-refractivity contribution >= 4 is 28.7 Å². The van der Waals surface area contributed by atoms with E-state index >= 15 is 0 Å². The summed E-state index contributed by atoms with van der Waals surface area (Å²) in [6.07, 6.45) is 2.87. The number of methoxy groups -OCH3 is 1. The van der Waals surface area contributed by atoms with Crippen LogP contribution >= 0.6 is 11.8 Å². The zero-order chi connectivity index (χ0) is 22.3. The molecule has 1 aromatic heterocycles. The molecule has 0 spiro atoms. The van der Waals surface area contributed by atoms with Crippen molar-refractivity contribution in [2.75, 3.05) is 19.1 Å². The second kappa shape index (κ2) is 10.4. The summed E-state index contributed by atoms with van der Waals surface area (Å²) in [5, 5.41) is 3.23. The Morgan fingerprint density at radius 3 is 2.47 bits per heavy atom. The van der Waals surface area contributed by atoms with Gasteiger partial charge in [-0.2, -0.15) is 11.8 Å². The number of ether oxygens (including phenoxy) is 1. The number of amides is 1. The van der Waals surface area contributed by atoms with Crippen molar-refractivity contribution in [1.82, 2.24) is 14.9 Å². The summed E-state index contributed by atoms with van der Waals surface area (Å²) in [5.41, 5.74) is 3.80. The summed E-state index contributed by atoms with van der Waals surface area (Å²) < 4.78 is 7.44. The molecule has 6 heteroatoms. The van der Waals surface area contributed by atoms with Gasteiger partial charge in [-0.05, 0) is 60.4 Å². The molecule has 4 rings (SSSR count). The molecule has 0 bridgehead atoms. The third-order valence-corrected chi connectivity index (χ3v) is 6.09. The Kier molecular flexibility index (Phi) is 7.12. The van der Waals surface area contributed by atoms with Crippen LogP contribution in [0, 0.1) is 0 Å². The molecule has 3 aromatic carbocycles. The summed E-state index contributed by atoms with van der Waals surface area (Å²) >= 11 is 1.76. The molecular formula is C26H27N3O2S. The molecule has 1 N–H and O–H groups in total. The molecule has 0 saturated carbocycles. The topological polar surface area (TPSA) is 56.1 Å². The normalized spacial score (nSPS) is 11.9. The minimum Gasteiger partial charge on any atom is -0.497 e. The van der Waals surface area contributed by atoms with Crippen LogP contribution in [0.15, 0.2) is 78.9 Å². The number of benzene rings is 3. The first-order valence-corrected chi connectivity index (χ1v) is 12.0. The average Bonchev–Trinajstić information content (AvgIpc) is 3.20. The molecule has 4 aromatic rings. The third kappa shape index (κ3) is 4.97. The number of carbonyl (C=O) groups excluding carboxylic acids is 1. The highest BCUT2D eigenvalue weighted by Gasteiger charge is 2.23. The molecule has 1 heterocycles. The van der Waals surface area contributed by atoms with Crippen LogP contribution in [-0.2, 0) is 6.54 Å². The Labute approximate surface area is 192 Å². The highest BCUT2D eigenvalue weighted by Crippen LogP contribution is 2.26. The zero-order valence-corrected chi connectivity index (χ0v) is 19.1. The van der Waals surface area contributed by atoms with E-state index in [1.807, 2.05) is 36.4 Å². The number of thioether (sulfide) groups is 1. The summed E-state index contributed by atoms with van der Waals surface area (Å²) in [4.78, 5) is 18.0. The van der Waals surface area contributed by atoms with Gasteiger partial charge in [-0.1, -0.05) is 42.5 Å². The van der Waals surface area contributed by atoms with E-state index < -0.39 is 0 Å².